The molecule has 0 aliphatic rings. The molecule has 0 N–H and O–H groups in total. The van der Waals surface area contributed by atoms with Crippen LogP contribution < -0.4 is 0 Å². The van der Waals surface area contributed by atoms with Gasteiger partial charge in [0.1, 0.15) is 0 Å². The lowest BCUT2D eigenvalue weighted by Crippen LogP contribution is -2.36. The van der Waals surface area contributed by atoms with Crippen molar-refractivity contribution in [3.63, 3.8) is 0 Å². The summed E-state index contributed by atoms with van der Waals surface area (Å²) in [7, 11) is 3.50. The van der Waals surface area contributed by atoms with E-state index in [0.717, 1.165) is 24.8 Å². The van der Waals surface area contributed by atoms with Crippen molar-refractivity contribution in [2.24, 2.45) is 0 Å². The first-order chi connectivity index (χ1) is 11.2. The van der Waals surface area contributed by atoms with E-state index in [2.05, 4.69) is 31.2 Å². The van der Waals surface area contributed by atoms with Crippen molar-refractivity contribution in [3.8, 4) is 0 Å². The van der Waals surface area contributed by atoms with Gasteiger partial charge in [-0.25, -0.2) is 0 Å². The molecule has 1 rings (SSSR count). The molecule has 0 aromatic heterocycles. The molecule has 0 atom stereocenters. The third-order valence-electron chi connectivity index (χ3n) is 4.56. The number of halogens is 1. The Labute approximate surface area is 147 Å². The molecule has 1 aromatic carbocycles. The van der Waals surface area contributed by atoms with Gasteiger partial charge in [0, 0.05) is 32.9 Å². The lowest BCUT2D eigenvalue weighted by atomic mass is 9.97. The van der Waals surface area contributed by atoms with Crippen molar-refractivity contribution in [3.05, 3.63) is 35.4 Å². The second kappa shape index (κ2) is 11.9. The highest BCUT2D eigenvalue weighted by Crippen LogP contribution is 2.26. The van der Waals surface area contributed by atoms with E-state index in [9.17, 15) is 0 Å². The lowest BCUT2D eigenvalue weighted by molar-refractivity contribution is -0.210. The van der Waals surface area contributed by atoms with E-state index in [4.69, 9.17) is 21.1 Å². The maximum Gasteiger partial charge on any atom is 0.171 e. The summed E-state index contributed by atoms with van der Waals surface area (Å²) in [6, 6.07) is 8.39. The molecule has 2 nitrogen and oxygen atoms in total. The van der Waals surface area contributed by atoms with E-state index < -0.39 is 5.79 Å². The zero-order valence-electron chi connectivity index (χ0n) is 15.1. The van der Waals surface area contributed by atoms with E-state index in [1.807, 2.05) is 0 Å². The van der Waals surface area contributed by atoms with E-state index in [-0.39, 0.29) is 0 Å². The Balaban J connectivity index is 2.43. The molecule has 0 bridgehead atoms. The molecular formula is C20H33ClO2. The highest BCUT2D eigenvalue weighted by atomic mass is 35.5. The number of rotatable bonds is 13. The number of unbranched alkanes of at least 4 members (excludes halogenated alkanes) is 6. The third kappa shape index (κ3) is 7.69. The van der Waals surface area contributed by atoms with Crippen molar-refractivity contribution in [2.45, 2.75) is 76.4 Å². The maximum absolute atomic E-state index is 5.85. The van der Waals surface area contributed by atoms with Gasteiger partial charge in [-0.2, -0.15) is 0 Å². The third-order valence-corrected chi connectivity index (χ3v) is 4.86. The number of ether oxygens (including phenoxy) is 2. The summed E-state index contributed by atoms with van der Waals surface area (Å²) in [6.45, 7) is 2.26. The number of alkyl halides is 1. The van der Waals surface area contributed by atoms with Crippen molar-refractivity contribution in [1.82, 2.24) is 0 Å². The van der Waals surface area contributed by atoms with Gasteiger partial charge in [-0.3, -0.25) is 0 Å². The summed E-state index contributed by atoms with van der Waals surface area (Å²) < 4.78 is 11.5. The van der Waals surface area contributed by atoms with Crippen molar-refractivity contribution in [1.29, 1.82) is 0 Å². The molecule has 0 saturated heterocycles. The molecule has 0 fully saturated rings. The number of hydrogen-bond donors (Lipinski definition) is 0. The van der Waals surface area contributed by atoms with E-state index in [1.54, 1.807) is 14.2 Å². The van der Waals surface area contributed by atoms with Gasteiger partial charge in [0.05, 0.1) is 0 Å². The Bertz CT molecular complexity index is 399. The molecule has 1 aromatic rings. The minimum absolute atomic E-state index is 0.508. The van der Waals surface area contributed by atoms with Crippen LogP contribution in [0.2, 0.25) is 0 Å². The average molecular weight is 341 g/mol. The molecule has 0 heterocycles. The SMILES string of the molecule is CCCCCCCCCC(Cc1ccc(CCl)cc1)(OC)OC. The summed E-state index contributed by atoms with van der Waals surface area (Å²) in [5.74, 6) is 0.0455. The first kappa shape index (κ1) is 20.5. The number of hydrogen-bond acceptors (Lipinski definition) is 2. The first-order valence-electron chi connectivity index (χ1n) is 8.93. The molecule has 0 amide bonds. The minimum atomic E-state index is -0.508. The van der Waals surface area contributed by atoms with Gasteiger partial charge in [0.2, 0.25) is 0 Å². The smallest absolute Gasteiger partial charge is 0.171 e. The Morgan fingerprint density at radius 2 is 1.35 bits per heavy atom. The van der Waals surface area contributed by atoms with Crippen LogP contribution >= 0.6 is 11.6 Å². The van der Waals surface area contributed by atoms with Crippen LogP contribution in [0.15, 0.2) is 24.3 Å². The minimum Gasteiger partial charge on any atom is -0.353 e. The summed E-state index contributed by atoms with van der Waals surface area (Å²) in [5.41, 5.74) is 2.37. The van der Waals surface area contributed by atoms with Crippen molar-refractivity contribution in [2.75, 3.05) is 14.2 Å². The van der Waals surface area contributed by atoms with Gasteiger partial charge < -0.3 is 9.47 Å². The molecule has 0 saturated carbocycles. The van der Waals surface area contributed by atoms with Crippen LogP contribution in [-0.4, -0.2) is 20.0 Å². The molecule has 132 valence electrons. The maximum atomic E-state index is 5.85. The normalized spacial score (nSPS) is 11.8. The zero-order chi connectivity index (χ0) is 17.0. The predicted octanol–water partition coefficient (Wildman–Crippen LogP) is 6.10. The fourth-order valence-corrected chi connectivity index (χ4v) is 3.11. The molecule has 3 heteroatoms. The van der Waals surface area contributed by atoms with Crippen LogP contribution in [0.5, 0.6) is 0 Å². The number of benzene rings is 1. The second-order valence-corrected chi connectivity index (χ2v) is 6.58. The van der Waals surface area contributed by atoms with Crippen LogP contribution in [-0.2, 0) is 21.8 Å². The molecule has 0 unspecified atom stereocenters. The molecule has 0 aliphatic carbocycles. The fraction of sp³-hybridized carbons (Fsp3) is 0.700. The lowest BCUT2D eigenvalue weighted by Gasteiger charge is -2.31. The van der Waals surface area contributed by atoms with Gasteiger partial charge in [-0.15, -0.1) is 11.6 Å². The molecular weight excluding hydrogens is 308 g/mol. The van der Waals surface area contributed by atoms with Gasteiger partial charge in [0.15, 0.2) is 5.79 Å². The predicted molar refractivity (Wildman–Crippen MR) is 99.1 cm³/mol. The molecule has 23 heavy (non-hydrogen) atoms. The zero-order valence-corrected chi connectivity index (χ0v) is 15.8. The standard InChI is InChI=1S/C20H33ClO2/c1-4-5-6-7-8-9-10-15-20(22-2,23-3)16-18-11-13-19(17-21)14-12-18/h11-14H,4-10,15-17H2,1-3H3. The van der Waals surface area contributed by atoms with E-state index in [0.29, 0.717) is 5.88 Å². The van der Waals surface area contributed by atoms with E-state index in [1.165, 1.54) is 44.1 Å². The van der Waals surface area contributed by atoms with Crippen LogP contribution in [0.1, 0.15) is 69.4 Å². The van der Waals surface area contributed by atoms with E-state index >= 15 is 0 Å². The second-order valence-electron chi connectivity index (χ2n) is 6.32. The van der Waals surface area contributed by atoms with Gasteiger partial charge in [0.25, 0.3) is 0 Å². The Kier molecular flexibility index (Phi) is 10.6. The quantitative estimate of drug-likeness (QED) is 0.245. The average Bonchev–Trinajstić information content (AvgIpc) is 2.60. The molecule has 0 aliphatic heterocycles. The largest absolute Gasteiger partial charge is 0.353 e. The molecule has 0 radical (unpaired) electrons. The topological polar surface area (TPSA) is 18.5 Å². The van der Waals surface area contributed by atoms with Gasteiger partial charge in [-0.05, 0) is 17.5 Å². The van der Waals surface area contributed by atoms with Gasteiger partial charge in [-0.1, -0.05) is 69.7 Å². The van der Waals surface area contributed by atoms with Crippen LogP contribution in [0, 0.1) is 0 Å². The van der Waals surface area contributed by atoms with Crippen molar-refractivity contribution < 1.29 is 9.47 Å². The Morgan fingerprint density at radius 1 is 0.826 bits per heavy atom. The highest BCUT2D eigenvalue weighted by molar-refractivity contribution is 6.17. The molecule has 0 spiro atoms. The summed E-state index contributed by atoms with van der Waals surface area (Å²) >= 11 is 5.85. The van der Waals surface area contributed by atoms with Crippen LogP contribution in [0.25, 0.3) is 0 Å². The monoisotopic (exact) mass is 340 g/mol. The summed E-state index contributed by atoms with van der Waals surface area (Å²) in [4.78, 5) is 0. The van der Waals surface area contributed by atoms with Crippen molar-refractivity contribution >= 4 is 11.6 Å². The first-order valence-corrected chi connectivity index (χ1v) is 9.47. The highest BCUT2D eigenvalue weighted by Gasteiger charge is 2.29. The Morgan fingerprint density at radius 3 is 1.87 bits per heavy atom. The summed E-state index contributed by atoms with van der Waals surface area (Å²) in [5, 5.41) is 0. The van der Waals surface area contributed by atoms with Crippen LogP contribution in [0.4, 0.5) is 0 Å². The summed E-state index contributed by atoms with van der Waals surface area (Å²) in [6.07, 6.45) is 10.8. The fourth-order valence-electron chi connectivity index (χ4n) is 2.93. The Hall–Kier alpha value is -0.570. The number of methoxy groups -OCH3 is 2. The van der Waals surface area contributed by atoms with Gasteiger partial charge >= 0.3 is 0 Å². The van der Waals surface area contributed by atoms with Crippen LogP contribution in [0.3, 0.4) is 0 Å².